The minimum Gasteiger partial charge on any atom is -0.310 e. The van der Waals surface area contributed by atoms with Crippen molar-refractivity contribution in [3.05, 3.63) is 47.8 Å². The van der Waals surface area contributed by atoms with Crippen LogP contribution in [0.5, 0.6) is 0 Å². The molecule has 4 rings (SSSR count). The fourth-order valence-corrected chi connectivity index (χ4v) is 3.99. The number of hydrogen-bond donors (Lipinski definition) is 0. The van der Waals surface area contributed by atoms with Crippen molar-refractivity contribution in [2.24, 2.45) is 0 Å². The molecule has 0 aliphatic carbocycles. The third-order valence-corrected chi connectivity index (χ3v) is 5.37. The fourth-order valence-electron chi connectivity index (χ4n) is 3.99. The van der Waals surface area contributed by atoms with Crippen LogP contribution in [0.3, 0.4) is 0 Å². The average molecular weight is 338 g/mol. The Bertz CT molecular complexity index is 767. The molecule has 1 fully saturated rings. The van der Waals surface area contributed by atoms with Crippen LogP contribution in [0.1, 0.15) is 44.0 Å². The number of hydrogen-bond acceptors (Lipinski definition) is 3. The molecule has 1 atom stereocenters. The van der Waals surface area contributed by atoms with Gasteiger partial charge in [-0.1, -0.05) is 18.2 Å². The Morgan fingerprint density at radius 2 is 2.12 bits per heavy atom. The number of nitrogens with zero attached hydrogens (tertiary/aromatic N) is 4. The highest BCUT2D eigenvalue weighted by Gasteiger charge is 2.33. The second kappa shape index (κ2) is 6.64. The highest BCUT2D eigenvalue weighted by molar-refractivity contribution is 5.95. The van der Waals surface area contributed by atoms with Gasteiger partial charge in [-0.3, -0.25) is 14.4 Å². The first kappa shape index (κ1) is 16.3. The van der Waals surface area contributed by atoms with Gasteiger partial charge in [-0.25, -0.2) is 0 Å². The monoisotopic (exact) mass is 338 g/mol. The Labute approximate surface area is 149 Å². The van der Waals surface area contributed by atoms with Gasteiger partial charge in [0.1, 0.15) is 0 Å². The Morgan fingerprint density at radius 1 is 1.28 bits per heavy atom. The summed E-state index contributed by atoms with van der Waals surface area (Å²) in [6.45, 7) is 7.07. The summed E-state index contributed by atoms with van der Waals surface area (Å²) < 4.78 is 1.91. The Morgan fingerprint density at radius 3 is 2.92 bits per heavy atom. The van der Waals surface area contributed by atoms with Crippen LogP contribution >= 0.6 is 0 Å². The zero-order valence-electron chi connectivity index (χ0n) is 15.1. The summed E-state index contributed by atoms with van der Waals surface area (Å²) in [6, 6.07) is 11.1. The van der Waals surface area contributed by atoms with Crippen molar-refractivity contribution >= 4 is 11.6 Å². The number of benzene rings is 1. The van der Waals surface area contributed by atoms with Crippen molar-refractivity contribution in [2.45, 2.75) is 51.7 Å². The molecule has 0 radical (unpaired) electrons. The molecule has 0 saturated carbocycles. The lowest BCUT2D eigenvalue weighted by Gasteiger charge is -2.26. The average Bonchev–Trinajstić information content (AvgIpc) is 3.20. The summed E-state index contributed by atoms with van der Waals surface area (Å²) in [5.41, 5.74) is 3.18. The first-order valence-corrected chi connectivity index (χ1v) is 9.28. The van der Waals surface area contributed by atoms with Gasteiger partial charge >= 0.3 is 0 Å². The molecule has 0 N–H and O–H groups in total. The van der Waals surface area contributed by atoms with Gasteiger partial charge in [-0.05, 0) is 50.9 Å². The second-order valence-electron chi connectivity index (χ2n) is 7.46. The highest BCUT2D eigenvalue weighted by atomic mass is 16.2. The summed E-state index contributed by atoms with van der Waals surface area (Å²) >= 11 is 0. The predicted octanol–water partition coefficient (Wildman–Crippen LogP) is 3.02. The molecule has 2 aromatic rings. The van der Waals surface area contributed by atoms with Crippen LogP contribution in [-0.2, 0) is 17.8 Å². The van der Waals surface area contributed by atoms with Crippen LogP contribution in [0.25, 0.3) is 0 Å². The SMILES string of the molecule is CC(C)n1ccc(CC(=O)N2C[C@H]3CCCN3Cc3ccccc32)n1. The maximum Gasteiger partial charge on any atom is 0.233 e. The van der Waals surface area contributed by atoms with E-state index in [9.17, 15) is 4.79 Å². The Balaban J connectivity index is 1.59. The van der Waals surface area contributed by atoms with E-state index in [-0.39, 0.29) is 5.91 Å². The van der Waals surface area contributed by atoms with E-state index < -0.39 is 0 Å². The second-order valence-corrected chi connectivity index (χ2v) is 7.46. The summed E-state index contributed by atoms with van der Waals surface area (Å²) in [5.74, 6) is 0.148. The molecule has 2 aliphatic heterocycles. The Kier molecular flexibility index (Phi) is 4.34. The van der Waals surface area contributed by atoms with Gasteiger partial charge in [-0.15, -0.1) is 0 Å². The highest BCUT2D eigenvalue weighted by Crippen LogP contribution is 2.31. The minimum atomic E-state index is 0.148. The molecule has 0 bridgehead atoms. The summed E-state index contributed by atoms with van der Waals surface area (Å²) in [5, 5.41) is 4.55. The van der Waals surface area contributed by atoms with Crippen LogP contribution < -0.4 is 4.90 Å². The lowest BCUT2D eigenvalue weighted by molar-refractivity contribution is -0.118. The number of carbonyl (C=O) groups is 1. The minimum absolute atomic E-state index is 0.148. The number of amides is 1. The third kappa shape index (κ3) is 3.21. The van der Waals surface area contributed by atoms with Gasteiger partial charge in [-0.2, -0.15) is 5.10 Å². The summed E-state index contributed by atoms with van der Waals surface area (Å²) in [6.07, 6.45) is 4.73. The van der Waals surface area contributed by atoms with Crippen molar-refractivity contribution in [2.75, 3.05) is 18.0 Å². The van der Waals surface area contributed by atoms with Crippen molar-refractivity contribution in [1.82, 2.24) is 14.7 Å². The van der Waals surface area contributed by atoms with Crippen molar-refractivity contribution in [3.63, 3.8) is 0 Å². The van der Waals surface area contributed by atoms with Crippen LogP contribution in [0.2, 0.25) is 0 Å². The van der Waals surface area contributed by atoms with E-state index in [0.717, 1.165) is 31.0 Å². The van der Waals surface area contributed by atoms with Gasteiger partial charge in [0.25, 0.3) is 0 Å². The number of carbonyl (C=O) groups excluding carboxylic acids is 1. The third-order valence-electron chi connectivity index (χ3n) is 5.37. The molecule has 1 aromatic carbocycles. The zero-order valence-corrected chi connectivity index (χ0v) is 15.1. The molecule has 25 heavy (non-hydrogen) atoms. The van der Waals surface area contributed by atoms with Crippen LogP contribution in [0.15, 0.2) is 36.5 Å². The molecule has 0 spiro atoms. The van der Waals surface area contributed by atoms with E-state index in [1.807, 2.05) is 27.9 Å². The number of anilines is 1. The van der Waals surface area contributed by atoms with Crippen molar-refractivity contribution in [3.8, 4) is 0 Å². The normalized spacial score (nSPS) is 20.4. The first-order valence-electron chi connectivity index (χ1n) is 9.28. The lowest BCUT2D eigenvalue weighted by Crippen LogP contribution is -2.41. The van der Waals surface area contributed by atoms with Crippen LogP contribution in [0, 0.1) is 0 Å². The van der Waals surface area contributed by atoms with Gasteiger partial charge in [0, 0.05) is 37.1 Å². The fraction of sp³-hybridized carbons (Fsp3) is 0.500. The lowest BCUT2D eigenvalue weighted by atomic mass is 10.1. The van der Waals surface area contributed by atoms with Gasteiger partial charge < -0.3 is 4.90 Å². The van der Waals surface area contributed by atoms with E-state index in [0.29, 0.717) is 18.5 Å². The first-order chi connectivity index (χ1) is 12.1. The molecule has 1 amide bonds. The molecular formula is C20H26N4O. The maximum atomic E-state index is 13.1. The molecule has 1 aromatic heterocycles. The number of para-hydroxylation sites is 1. The van der Waals surface area contributed by atoms with Crippen LogP contribution in [0.4, 0.5) is 5.69 Å². The molecule has 5 nitrogen and oxygen atoms in total. The van der Waals surface area contributed by atoms with Gasteiger partial charge in [0.05, 0.1) is 12.1 Å². The smallest absolute Gasteiger partial charge is 0.233 e. The van der Waals surface area contributed by atoms with Crippen molar-refractivity contribution in [1.29, 1.82) is 0 Å². The molecule has 3 heterocycles. The van der Waals surface area contributed by atoms with E-state index in [2.05, 4.69) is 42.0 Å². The predicted molar refractivity (Wildman–Crippen MR) is 98.5 cm³/mol. The van der Waals surface area contributed by atoms with Crippen molar-refractivity contribution < 1.29 is 4.79 Å². The zero-order chi connectivity index (χ0) is 17.4. The van der Waals surface area contributed by atoms with E-state index >= 15 is 0 Å². The quantitative estimate of drug-likeness (QED) is 0.864. The molecule has 132 valence electrons. The van der Waals surface area contributed by atoms with Gasteiger partial charge in [0.15, 0.2) is 0 Å². The number of rotatable bonds is 3. The van der Waals surface area contributed by atoms with E-state index in [1.54, 1.807) is 0 Å². The van der Waals surface area contributed by atoms with E-state index in [4.69, 9.17) is 0 Å². The van der Waals surface area contributed by atoms with Gasteiger partial charge in [0.2, 0.25) is 5.91 Å². The largest absolute Gasteiger partial charge is 0.310 e. The summed E-state index contributed by atoms with van der Waals surface area (Å²) in [4.78, 5) is 17.6. The molecular weight excluding hydrogens is 312 g/mol. The van der Waals surface area contributed by atoms with E-state index in [1.165, 1.54) is 18.4 Å². The number of fused-ring (bicyclic) bond motifs is 2. The topological polar surface area (TPSA) is 41.4 Å². The van der Waals surface area contributed by atoms with Crippen LogP contribution in [-0.4, -0.2) is 39.7 Å². The molecule has 2 aliphatic rings. The molecule has 0 unspecified atom stereocenters. The maximum absolute atomic E-state index is 13.1. The number of aromatic nitrogens is 2. The standard InChI is InChI=1S/C20H26N4O/c1-15(2)24-11-9-17(21-24)12-20(25)23-14-18-7-5-10-22(18)13-16-6-3-4-8-19(16)23/h3-4,6,8-9,11,15,18H,5,7,10,12-14H2,1-2H3/t18-/m1/s1. The molecule has 1 saturated heterocycles. The summed E-state index contributed by atoms with van der Waals surface area (Å²) in [7, 11) is 0. The molecule has 5 heteroatoms. The Hall–Kier alpha value is -2.14.